The highest BCUT2D eigenvalue weighted by atomic mass is 79.9. The topological polar surface area (TPSA) is 50.2 Å². The number of fused-ring (bicyclic) bond motifs is 3. The summed E-state index contributed by atoms with van der Waals surface area (Å²) in [6.45, 7) is 0. The fraction of sp³-hybridized carbons (Fsp3) is 0. The first-order valence-corrected chi connectivity index (χ1v) is 8.25. The minimum Gasteiger partial charge on any atom is -0.478 e. The third-order valence-electron chi connectivity index (χ3n) is 4.08. The minimum atomic E-state index is -0.967. The molecule has 0 bridgehead atoms. The van der Waals surface area contributed by atoms with Gasteiger partial charge >= 0.3 is 5.97 Å². The van der Waals surface area contributed by atoms with Crippen LogP contribution in [0, 0.1) is 0 Å². The van der Waals surface area contributed by atoms with Crippen molar-refractivity contribution in [3.05, 3.63) is 76.8 Å². The van der Waals surface area contributed by atoms with Gasteiger partial charge in [0.05, 0.1) is 16.8 Å². The highest BCUT2D eigenvalue weighted by Gasteiger charge is 2.15. The van der Waals surface area contributed by atoms with E-state index >= 15 is 0 Å². The Bertz CT molecular complexity index is 1090. The summed E-state index contributed by atoms with van der Waals surface area (Å²) >= 11 is 3.44. The summed E-state index contributed by atoms with van der Waals surface area (Å²) in [5.74, 6) is -0.967. The van der Waals surface area contributed by atoms with E-state index in [0.717, 1.165) is 31.9 Å². The van der Waals surface area contributed by atoms with Crippen molar-refractivity contribution >= 4 is 43.6 Å². The number of pyridine rings is 1. The lowest BCUT2D eigenvalue weighted by Gasteiger charge is -2.11. The Balaban J connectivity index is 2.17. The Hall–Kier alpha value is -2.72. The van der Waals surface area contributed by atoms with Crippen LogP contribution in [-0.4, -0.2) is 16.1 Å². The number of carboxylic acids is 1. The zero-order valence-corrected chi connectivity index (χ0v) is 14.1. The third-order valence-corrected chi connectivity index (χ3v) is 4.61. The van der Waals surface area contributed by atoms with Crippen LogP contribution in [0.5, 0.6) is 0 Å². The first kappa shape index (κ1) is 14.8. The van der Waals surface area contributed by atoms with Gasteiger partial charge in [-0.1, -0.05) is 64.5 Å². The van der Waals surface area contributed by atoms with Crippen molar-refractivity contribution in [2.45, 2.75) is 0 Å². The van der Waals surface area contributed by atoms with Crippen LogP contribution in [0.25, 0.3) is 32.9 Å². The molecule has 0 atom stereocenters. The highest BCUT2D eigenvalue weighted by Crippen LogP contribution is 2.33. The molecule has 0 saturated heterocycles. The van der Waals surface area contributed by atoms with Gasteiger partial charge in [0.1, 0.15) is 0 Å². The molecule has 1 N–H and O–H groups in total. The van der Waals surface area contributed by atoms with Gasteiger partial charge in [-0.25, -0.2) is 9.78 Å². The van der Waals surface area contributed by atoms with Crippen molar-refractivity contribution in [1.82, 2.24) is 4.98 Å². The number of nitrogens with zero attached hydrogens (tertiary/aromatic N) is 1. The lowest BCUT2D eigenvalue weighted by molar-refractivity contribution is 0.0699. The fourth-order valence-corrected chi connectivity index (χ4v) is 3.24. The molecule has 4 heteroatoms. The molecule has 0 aliphatic rings. The van der Waals surface area contributed by atoms with E-state index in [9.17, 15) is 9.90 Å². The maximum Gasteiger partial charge on any atom is 0.337 e. The lowest BCUT2D eigenvalue weighted by Crippen LogP contribution is -2.00. The van der Waals surface area contributed by atoms with E-state index in [0.29, 0.717) is 5.52 Å². The molecule has 0 amide bonds. The molecule has 4 rings (SSSR count). The van der Waals surface area contributed by atoms with E-state index in [4.69, 9.17) is 4.98 Å². The molecule has 0 aliphatic carbocycles. The molecule has 24 heavy (non-hydrogen) atoms. The summed E-state index contributed by atoms with van der Waals surface area (Å²) in [7, 11) is 0. The second-order valence-corrected chi connectivity index (χ2v) is 6.44. The van der Waals surface area contributed by atoms with Gasteiger partial charge in [-0.05, 0) is 23.6 Å². The molecule has 0 radical (unpaired) electrons. The Morgan fingerprint density at radius 1 is 0.833 bits per heavy atom. The molecular weight excluding hydrogens is 366 g/mol. The zero-order chi connectivity index (χ0) is 16.7. The molecular formula is C20H12BrNO2. The maximum absolute atomic E-state index is 11.6. The predicted molar refractivity (Wildman–Crippen MR) is 99.3 cm³/mol. The van der Waals surface area contributed by atoms with Gasteiger partial charge < -0.3 is 5.11 Å². The van der Waals surface area contributed by atoms with Crippen molar-refractivity contribution in [3.63, 3.8) is 0 Å². The van der Waals surface area contributed by atoms with Crippen LogP contribution in [0.4, 0.5) is 0 Å². The number of carboxylic acid groups (broad SMARTS) is 1. The van der Waals surface area contributed by atoms with Gasteiger partial charge in [0.25, 0.3) is 0 Å². The molecule has 116 valence electrons. The number of hydrogen-bond acceptors (Lipinski definition) is 2. The van der Waals surface area contributed by atoms with Crippen LogP contribution in [0.15, 0.2) is 71.2 Å². The quantitative estimate of drug-likeness (QED) is 0.468. The lowest BCUT2D eigenvalue weighted by atomic mass is 9.98. The first-order chi connectivity index (χ1) is 11.6. The normalized spacial score (nSPS) is 11.0. The van der Waals surface area contributed by atoms with Gasteiger partial charge in [0.15, 0.2) is 0 Å². The Kier molecular flexibility index (Phi) is 3.54. The number of rotatable bonds is 2. The van der Waals surface area contributed by atoms with Crippen LogP contribution in [0.3, 0.4) is 0 Å². The van der Waals surface area contributed by atoms with Gasteiger partial charge in [0.2, 0.25) is 0 Å². The van der Waals surface area contributed by atoms with E-state index in [1.165, 1.54) is 0 Å². The van der Waals surface area contributed by atoms with E-state index in [1.54, 1.807) is 12.1 Å². The first-order valence-electron chi connectivity index (χ1n) is 7.46. The monoisotopic (exact) mass is 377 g/mol. The zero-order valence-electron chi connectivity index (χ0n) is 12.5. The van der Waals surface area contributed by atoms with Crippen molar-refractivity contribution in [2.75, 3.05) is 0 Å². The Morgan fingerprint density at radius 2 is 1.50 bits per heavy atom. The van der Waals surface area contributed by atoms with Crippen molar-refractivity contribution < 1.29 is 9.90 Å². The summed E-state index contributed by atoms with van der Waals surface area (Å²) in [5.41, 5.74) is 2.48. The molecule has 3 aromatic carbocycles. The van der Waals surface area contributed by atoms with Crippen LogP contribution < -0.4 is 0 Å². The number of aromatic nitrogens is 1. The Labute approximate surface area is 146 Å². The van der Waals surface area contributed by atoms with E-state index in [1.807, 2.05) is 54.6 Å². The molecule has 0 spiro atoms. The van der Waals surface area contributed by atoms with Crippen molar-refractivity contribution in [2.24, 2.45) is 0 Å². The summed E-state index contributed by atoms with van der Waals surface area (Å²) in [6.07, 6.45) is 0. The van der Waals surface area contributed by atoms with Crippen LogP contribution in [-0.2, 0) is 0 Å². The average Bonchev–Trinajstić information content (AvgIpc) is 2.61. The van der Waals surface area contributed by atoms with Gasteiger partial charge in [-0.15, -0.1) is 0 Å². The molecule has 1 aromatic heterocycles. The largest absolute Gasteiger partial charge is 0.478 e. The molecule has 4 aromatic rings. The highest BCUT2D eigenvalue weighted by molar-refractivity contribution is 9.10. The van der Waals surface area contributed by atoms with Crippen molar-refractivity contribution in [1.29, 1.82) is 0 Å². The van der Waals surface area contributed by atoms with Crippen molar-refractivity contribution in [3.8, 4) is 11.3 Å². The number of para-hydroxylation sites is 1. The average molecular weight is 378 g/mol. The summed E-state index contributed by atoms with van der Waals surface area (Å²) in [4.78, 5) is 16.3. The second kappa shape index (κ2) is 5.73. The molecule has 3 nitrogen and oxygen atoms in total. The molecule has 0 saturated carbocycles. The second-order valence-electron chi connectivity index (χ2n) is 5.52. The van der Waals surface area contributed by atoms with E-state index in [-0.39, 0.29) is 5.56 Å². The van der Waals surface area contributed by atoms with Crippen LogP contribution in [0.2, 0.25) is 0 Å². The number of halogens is 1. The number of benzene rings is 3. The van der Waals surface area contributed by atoms with Gasteiger partial charge in [0, 0.05) is 20.8 Å². The SMILES string of the molecule is O=C(O)c1cccc2c1nc(-c1ccc(Br)cc1)c1ccccc12. The maximum atomic E-state index is 11.6. The van der Waals surface area contributed by atoms with Gasteiger partial charge in [-0.2, -0.15) is 0 Å². The minimum absolute atomic E-state index is 0.219. The van der Waals surface area contributed by atoms with Gasteiger partial charge in [-0.3, -0.25) is 0 Å². The molecule has 0 unspecified atom stereocenters. The Morgan fingerprint density at radius 3 is 2.21 bits per heavy atom. The number of hydrogen-bond donors (Lipinski definition) is 1. The fourth-order valence-electron chi connectivity index (χ4n) is 2.98. The number of aromatic carboxylic acids is 1. The summed E-state index contributed by atoms with van der Waals surface area (Å²) in [6, 6.07) is 21.1. The molecule has 1 heterocycles. The standard InChI is InChI=1S/C20H12BrNO2/c21-13-10-8-12(9-11-13)18-15-5-2-1-4-14(15)16-6-3-7-17(20(23)24)19(16)22-18/h1-11H,(H,23,24). The smallest absolute Gasteiger partial charge is 0.337 e. The predicted octanol–water partition coefficient (Wildman–Crippen LogP) is 5.52. The summed E-state index contributed by atoms with van der Waals surface area (Å²) in [5, 5.41) is 12.4. The van der Waals surface area contributed by atoms with E-state index < -0.39 is 5.97 Å². The number of carbonyl (C=O) groups is 1. The molecule has 0 aliphatic heterocycles. The van der Waals surface area contributed by atoms with E-state index in [2.05, 4.69) is 15.9 Å². The molecule has 0 fully saturated rings. The third kappa shape index (κ3) is 2.36. The summed E-state index contributed by atoms with van der Waals surface area (Å²) < 4.78 is 0.988. The van der Waals surface area contributed by atoms with Crippen LogP contribution in [0.1, 0.15) is 10.4 Å². The van der Waals surface area contributed by atoms with Crippen LogP contribution >= 0.6 is 15.9 Å².